The molecule has 3 heteroatoms. The second-order valence-corrected chi connectivity index (χ2v) is 7.86. The van der Waals surface area contributed by atoms with Crippen LogP contribution in [0.5, 0.6) is 0 Å². The predicted octanol–water partition coefficient (Wildman–Crippen LogP) is 5.70. The van der Waals surface area contributed by atoms with E-state index in [-0.39, 0.29) is 5.91 Å². The van der Waals surface area contributed by atoms with Crippen molar-refractivity contribution in [2.75, 3.05) is 23.3 Å². The van der Waals surface area contributed by atoms with Crippen LogP contribution in [0.4, 0.5) is 11.4 Å². The normalized spacial score (nSPS) is 15.5. The van der Waals surface area contributed by atoms with Crippen LogP contribution >= 0.6 is 0 Å². The van der Waals surface area contributed by atoms with Gasteiger partial charge in [-0.15, -0.1) is 0 Å². The average molecular weight is 363 g/mol. The molecule has 0 aliphatic carbocycles. The van der Waals surface area contributed by atoms with E-state index >= 15 is 0 Å². The van der Waals surface area contributed by atoms with Gasteiger partial charge in [-0.25, -0.2) is 0 Å². The Morgan fingerprint density at radius 1 is 1.04 bits per heavy atom. The summed E-state index contributed by atoms with van der Waals surface area (Å²) in [6.07, 6.45) is 5.94. The van der Waals surface area contributed by atoms with E-state index in [0.29, 0.717) is 5.92 Å². The largest absolute Gasteiger partial charge is 0.372 e. The lowest BCUT2D eigenvalue weighted by Gasteiger charge is -2.32. The van der Waals surface area contributed by atoms with E-state index in [1.165, 1.54) is 24.1 Å². The van der Waals surface area contributed by atoms with Crippen molar-refractivity contribution in [1.29, 1.82) is 0 Å². The molecule has 1 N–H and O–H groups in total. The Balaban J connectivity index is 1.54. The fourth-order valence-electron chi connectivity index (χ4n) is 3.37. The van der Waals surface area contributed by atoms with Gasteiger partial charge in [-0.1, -0.05) is 45.0 Å². The minimum Gasteiger partial charge on any atom is -0.372 e. The van der Waals surface area contributed by atoms with Crippen molar-refractivity contribution < 1.29 is 4.79 Å². The van der Waals surface area contributed by atoms with Gasteiger partial charge in [-0.2, -0.15) is 0 Å². The minimum atomic E-state index is -0.109. The molecule has 142 valence electrons. The van der Waals surface area contributed by atoms with Gasteiger partial charge < -0.3 is 10.2 Å². The molecule has 1 heterocycles. The highest BCUT2D eigenvalue weighted by Crippen LogP contribution is 2.24. The molecule has 1 aliphatic rings. The third-order valence-electron chi connectivity index (χ3n) is 5.31. The zero-order valence-corrected chi connectivity index (χ0v) is 16.6. The molecule has 27 heavy (non-hydrogen) atoms. The smallest absolute Gasteiger partial charge is 0.248 e. The Morgan fingerprint density at radius 2 is 1.67 bits per heavy atom. The highest BCUT2D eigenvalue weighted by Gasteiger charge is 2.15. The standard InChI is InChI=1S/C24H30N2O/c1-18(2)21-7-4-20(5-8-21)6-13-24(27)25-22-9-11-23(12-10-22)26-16-14-19(3)15-17-26/h4-13,18-19H,14-17H2,1-3H3,(H,25,27)/b13-6+. The Morgan fingerprint density at radius 3 is 2.26 bits per heavy atom. The number of amides is 1. The predicted molar refractivity (Wildman–Crippen MR) is 115 cm³/mol. The fourth-order valence-corrected chi connectivity index (χ4v) is 3.37. The zero-order valence-electron chi connectivity index (χ0n) is 16.6. The Bertz CT molecular complexity index is 767. The number of hydrogen-bond donors (Lipinski definition) is 1. The summed E-state index contributed by atoms with van der Waals surface area (Å²) in [5, 5.41) is 2.93. The van der Waals surface area contributed by atoms with Crippen LogP contribution in [-0.4, -0.2) is 19.0 Å². The van der Waals surface area contributed by atoms with Crippen LogP contribution in [0.3, 0.4) is 0 Å². The first-order chi connectivity index (χ1) is 13.0. The number of benzene rings is 2. The number of carbonyl (C=O) groups is 1. The fraction of sp³-hybridized carbons (Fsp3) is 0.375. The maximum atomic E-state index is 12.2. The highest BCUT2D eigenvalue weighted by molar-refractivity contribution is 6.02. The molecule has 1 aliphatic heterocycles. The van der Waals surface area contributed by atoms with Gasteiger partial charge in [0.25, 0.3) is 0 Å². The first-order valence-corrected chi connectivity index (χ1v) is 9.95. The lowest BCUT2D eigenvalue weighted by molar-refractivity contribution is -0.111. The molecule has 0 atom stereocenters. The van der Waals surface area contributed by atoms with Gasteiger partial charge in [0, 0.05) is 30.5 Å². The highest BCUT2D eigenvalue weighted by atomic mass is 16.1. The number of hydrogen-bond acceptors (Lipinski definition) is 2. The van der Waals surface area contributed by atoms with Gasteiger partial charge in [0.15, 0.2) is 0 Å². The van der Waals surface area contributed by atoms with E-state index < -0.39 is 0 Å². The van der Waals surface area contributed by atoms with Gasteiger partial charge in [-0.3, -0.25) is 4.79 Å². The lowest BCUT2D eigenvalue weighted by Crippen LogP contribution is -2.32. The van der Waals surface area contributed by atoms with Crippen LogP contribution in [-0.2, 0) is 4.79 Å². The van der Waals surface area contributed by atoms with Gasteiger partial charge in [0.05, 0.1) is 0 Å². The van der Waals surface area contributed by atoms with Gasteiger partial charge in [0.2, 0.25) is 5.91 Å². The summed E-state index contributed by atoms with van der Waals surface area (Å²) in [5.41, 5.74) is 4.40. The molecule has 2 aromatic carbocycles. The molecule has 0 bridgehead atoms. The van der Waals surface area contributed by atoms with E-state index in [9.17, 15) is 4.79 Å². The first kappa shape index (κ1) is 19.2. The van der Waals surface area contributed by atoms with Crippen molar-refractivity contribution in [2.24, 2.45) is 5.92 Å². The number of nitrogens with one attached hydrogen (secondary N) is 1. The Kier molecular flexibility index (Phi) is 6.33. The van der Waals surface area contributed by atoms with Crippen LogP contribution < -0.4 is 10.2 Å². The maximum Gasteiger partial charge on any atom is 0.248 e. The third-order valence-corrected chi connectivity index (χ3v) is 5.31. The zero-order chi connectivity index (χ0) is 19.2. The average Bonchev–Trinajstić information content (AvgIpc) is 2.68. The summed E-state index contributed by atoms with van der Waals surface area (Å²) in [7, 11) is 0. The van der Waals surface area contributed by atoms with Gasteiger partial charge in [0.1, 0.15) is 0 Å². The summed E-state index contributed by atoms with van der Waals surface area (Å²) in [4.78, 5) is 14.6. The molecule has 0 aromatic heterocycles. The molecule has 0 saturated carbocycles. The second-order valence-electron chi connectivity index (χ2n) is 7.86. The molecule has 0 spiro atoms. The first-order valence-electron chi connectivity index (χ1n) is 9.95. The van der Waals surface area contributed by atoms with Crippen molar-refractivity contribution in [3.63, 3.8) is 0 Å². The molecule has 1 fully saturated rings. The molecule has 3 nitrogen and oxygen atoms in total. The number of anilines is 2. The van der Waals surface area contributed by atoms with Gasteiger partial charge >= 0.3 is 0 Å². The number of nitrogens with zero attached hydrogens (tertiary/aromatic N) is 1. The number of piperidine rings is 1. The van der Waals surface area contributed by atoms with Crippen LogP contribution in [0.1, 0.15) is 50.7 Å². The Labute approximate surface area is 163 Å². The van der Waals surface area contributed by atoms with Gasteiger partial charge in [-0.05, 0) is 66.1 Å². The second kappa shape index (κ2) is 8.90. The summed E-state index contributed by atoms with van der Waals surface area (Å²) in [5.74, 6) is 1.23. The summed E-state index contributed by atoms with van der Waals surface area (Å²) in [6.45, 7) is 8.91. The Hall–Kier alpha value is -2.55. The molecule has 2 aromatic rings. The summed E-state index contributed by atoms with van der Waals surface area (Å²) < 4.78 is 0. The van der Waals surface area contributed by atoms with Crippen molar-refractivity contribution >= 4 is 23.4 Å². The summed E-state index contributed by atoms with van der Waals surface area (Å²) in [6, 6.07) is 16.5. The van der Waals surface area contributed by atoms with Crippen molar-refractivity contribution in [1.82, 2.24) is 0 Å². The lowest BCUT2D eigenvalue weighted by atomic mass is 9.99. The maximum absolute atomic E-state index is 12.2. The van der Waals surface area contributed by atoms with Crippen LogP contribution in [0, 0.1) is 5.92 Å². The van der Waals surface area contributed by atoms with E-state index in [0.717, 1.165) is 30.3 Å². The number of carbonyl (C=O) groups excluding carboxylic acids is 1. The molecular weight excluding hydrogens is 332 g/mol. The number of rotatable bonds is 5. The summed E-state index contributed by atoms with van der Waals surface area (Å²) >= 11 is 0. The topological polar surface area (TPSA) is 32.3 Å². The molecule has 0 unspecified atom stereocenters. The molecule has 1 amide bonds. The van der Waals surface area contributed by atoms with E-state index in [1.54, 1.807) is 6.08 Å². The van der Waals surface area contributed by atoms with Crippen molar-refractivity contribution in [2.45, 2.75) is 39.5 Å². The molecule has 3 rings (SSSR count). The van der Waals surface area contributed by atoms with E-state index in [2.05, 4.69) is 55.3 Å². The minimum absolute atomic E-state index is 0.109. The quantitative estimate of drug-likeness (QED) is 0.692. The molecular formula is C24H30N2O. The van der Waals surface area contributed by atoms with Crippen molar-refractivity contribution in [3.8, 4) is 0 Å². The van der Waals surface area contributed by atoms with E-state index in [4.69, 9.17) is 0 Å². The van der Waals surface area contributed by atoms with Crippen LogP contribution in [0.15, 0.2) is 54.6 Å². The van der Waals surface area contributed by atoms with Crippen LogP contribution in [0.25, 0.3) is 6.08 Å². The monoisotopic (exact) mass is 362 g/mol. The third kappa shape index (κ3) is 5.46. The van der Waals surface area contributed by atoms with Crippen molar-refractivity contribution in [3.05, 3.63) is 65.7 Å². The van der Waals surface area contributed by atoms with Crippen LogP contribution in [0.2, 0.25) is 0 Å². The molecule has 1 saturated heterocycles. The van der Waals surface area contributed by atoms with E-state index in [1.807, 2.05) is 30.3 Å². The SMILES string of the molecule is CC1CCN(c2ccc(NC(=O)/C=C/c3ccc(C(C)C)cc3)cc2)CC1. The molecule has 0 radical (unpaired) electrons.